The van der Waals surface area contributed by atoms with Gasteiger partial charge in [-0.3, -0.25) is 0 Å². The van der Waals surface area contributed by atoms with Gasteiger partial charge in [-0.05, 0) is 18.1 Å². The van der Waals surface area contributed by atoms with Crippen LogP contribution in [0.5, 0.6) is 0 Å². The smallest absolute Gasteiger partial charge is 0.182 e. The molecule has 0 radical (unpaired) electrons. The fraction of sp³-hybridized carbons (Fsp3) is 0.500. The molecule has 0 saturated heterocycles. The highest BCUT2D eigenvalue weighted by Gasteiger charge is 2.24. The third-order valence-electron chi connectivity index (χ3n) is 3.02. The minimum Gasteiger partial charge on any atom is -0.327 e. The van der Waals surface area contributed by atoms with Crippen molar-refractivity contribution in [1.82, 2.24) is 0 Å². The number of sulfone groups is 1. The molecule has 2 atom stereocenters. The highest BCUT2D eigenvalue weighted by atomic mass is 32.2. The molecule has 102 valence electrons. The van der Waals surface area contributed by atoms with Gasteiger partial charge in [-0.15, -0.1) is 0 Å². The molecule has 2 N–H and O–H groups in total. The van der Waals surface area contributed by atoms with E-state index in [9.17, 15) is 17.2 Å². The molecule has 0 bridgehead atoms. The lowest BCUT2D eigenvalue weighted by molar-refractivity contribution is 0.464. The molecular formula is C12H17F2NO2S. The summed E-state index contributed by atoms with van der Waals surface area (Å²) in [5.74, 6) is -2.21. The van der Waals surface area contributed by atoms with Gasteiger partial charge in [0.2, 0.25) is 0 Å². The summed E-state index contributed by atoms with van der Waals surface area (Å²) in [6.07, 6.45) is 0.739. The molecule has 0 heterocycles. The Kier molecular flexibility index (Phi) is 4.81. The number of benzene rings is 1. The van der Waals surface area contributed by atoms with Crippen molar-refractivity contribution in [2.75, 3.05) is 5.75 Å². The van der Waals surface area contributed by atoms with E-state index in [1.807, 2.05) is 13.8 Å². The van der Waals surface area contributed by atoms with Crippen LogP contribution in [0.2, 0.25) is 0 Å². The van der Waals surface area contributed by atoms with Crippen LogP contribution in [-0.4, -0.2) is 20.2 Å². The molecular weight excluding hydrogens is 260 g/mol. The molecule has 18 heavy (non-hydrogen) atoms. The Hall–Kier alpha value is -1.01. The van der Waals surface area contributed by atoms with Crippen molar-refractivity contribution in [3.63, 3.8) is 0 Å². The summed E-state index contributed by atoms with van der Waals surface area (Å²) in [6.45, 7) is 3.73. The predicted molar refractivity (Wildman–Crippen MR) is 65.8 cm³/mol. The zero-order valence-corrected chi connectivity index (χ0v) is 11.2. The third-order valence-corrected chi connectivity index (χ3v) is 4.84. The van der Waals surface area contributed by atoms with E-state index in [2.05, 4.69) is 0 Å². The quantitative estimate of drug-likeness (QED) is 0.839. The van der Waals surface area contributed by atoms with Gasteiger partial charge >= 0.3 is 0 Å². The number of rotatable bonds is 5. The predicted octanol–water partition coefficient (Wildman–Crippen LogP) is 2.11. The lowest BCUT2D eigenvalue weighted by Crippen LogP contribution is -2.35. The van der Waals surface area contributed by atoms with Crippen LogP contribution in [0, 0.1) is 17.6 Å². The molecule has 1 aromatic rings. The lowest BCUT2D eigenvalue weighted by Gasteiger charge is -2.18. The van der Waals surface area contributed by atoms with E-state index in [-0.39, 0.29) is 11.7 Å². The van der Waals surface area contributed by atoms with Crippen LogP contribution in [0.4, 0.5) is 8.78 Å². The molecule has 3 nitrogen and oxygen atoms in total. The van der Waals surface area contributed by atoms with E-state index in [0.717, 1.165) is 18.6 Å². The summed E-state index contributed by atoms with van der Waals surface area (Å²) < 4.78 is 50.0. The average Bonchev–Trinajstić information content (AvgIpc) is 2.26. The summed E-state index contributed by atoms with van der Waals surface area (Å²) in [5, 5.41) is 0. The van der Waals surface area contributed by atoms with Crippen molar-refractivity contribution in [1.29, 1.82) is 0 Å². The molecule has 0 fully saturated rings. The Labute approximate surface area is 106 Å². The highest BCUT2D eigenvalue weighted by molar-refractivity contribution is 7.91. The SMILES string of the molecule is CCC(C)C(N)CS(=O)(=O)c1ccc(F)cc1F. The summed E-state index contributed by atoms with van der Waals surface area (Å²) in [7, 11) is -3.83. The first-order chi connectivity index (χ1) is 8.27. The van der Waals surface area contributed by atoms with Gasteiger partial charge < -0.3 is 5.73 Å². The van der Waals surface area contributed by atoms with Crippen LogP contribution >= 0.6 is 0 Å². The molecule has 1 aromatic carbocycles. The topological polar surface area (TPSA) is 60.2 Å². The molecule has 1 rings (SSSR count). The Morgan fingerprint density at radius 3 is 2.44 bits per heavy atom. The summed E-state index contributed by atoms with van der Waals surface area (Å²) >= 11 is 0. The first-order valence-electron chi connectivity index (χ1n) is 5.71. The van der Waals surface area contributed by atoms with Crippen LogP contribution in [-0.2, 0) is 9.84 Å². The van der Waals surface area contributed by atoms with Gasteiger partial charge in [0.05, 0.1) is 5.75 Å². The summed E-state index contributed by atoms with van der Waals surface area (Å²) in [5.41, 5.74) is 5.76. The molecule has 0 saturated carbocycles. The Balaban J connectivity index is 3.00. The van der Waals surface area contributed by atoms with E-state index >= 15 is 0 Å². The fourth-order valence-corrected chi connectivity index (χ4v) is 3.18. The molecule has 0 aliphatic heterocycles. The van der Waals surface area contributed by atoms with Crippen LogP contribution in [0.1, 0.15) is 20.3 Å². The largest absolute Gasteiger partial charge is 0.327 e. The van der Waals surface area contributed by atoms with Crippen molar-refractivity contribution in [2.45, 2.75) is 31.2 Å². The second-order valence-electron chi connectivity index (χ2n) is 4.41. The maximum absolute atomic E-state index is 13.4. The molecule has 0 amide bonds. The van der Waals surface area contributed by atoms with Crippen molar-refractivity contribution in [2.24, 2.45) is 11.7 Å². The van der Waals surface area contributed by atoms with Gasteiger partial charge in [0.15, 0.2) is 9.84 Å². The second-order valence-corrected chi connectivity index (χ2v) is 6.41. The van der Waals surface area contributed by atoms with Gasteiger partial charge in [-0.2, -0.15) is 0 Å². The standard InChI is InChI=1S/C12H17F2NO2S/c1-3-8(2)11(15)7-18(16,17)12-5-4-9(13)6-10(12)14/h4-6,8,11H,3,7,15H2,1-2H3. The highest BCUT2D eigenvalue weighted by Crippen LogP contribution is 2.19. The normalized spacial score (nSPS) is 15.4. The molecule has 0 spiro atoms. The summed E-state index contributed by atoms with van der Waals surface area (Å²) in [4.78, 5) is -0.498. The molecule has 0 aliphatic carbocycles. The van der Waals surface area contributed by atoms with E-state index in [1.165, 1.54) is 0 Å². The first kappa shape index (κ1) is 15.0. The monoisotopic (exact) mass is 277 g/mol. The zero-order valence-electron chi connectivity index (χ0n) is 10.4. The van der Waals surface area contributed by atoms with E-state index in [4.69, 9.17) is 5.73 Å². The first-order valence-corrected chi connectivity index (χ1v) is 7.36. The van der Waals surface area contributed by atoms with Crippen molar-refractivity contribution >= 4 is 9.84 Å². The van der Waals surface area contributed by atoms with Crippen LogP contribution in [0.25, 0.3) is 0 Å². The maximum Gasteiger partial charge on any atom is 0.182 e. The van der Waals surface area contributed by atoms with Gasteiger partial charge in [-0.25, -0.2) is 17.2 Å². The molecule has 2 unspecified atom stereocenters. The van der Waals surface area contributed by atoms with Crippen molar-refractivity contribution < 1.29 is 17.2 Å². The van der Waals surface area contributed by atoms with Crippen LogP contribution in [0.3, 0.4) is 0 Å². The maximum atomic E-state index is 13.4. The zero-order chi connectivity index (χ0) is 13.9. The van der Waals surface area contributed by atoms with Crippen LogP contribution < -0.4 is 5.73 Å². The van der Waals surface area contributed by atoms with Crippen molar-refractivity contribution in [3.8, 4) is 0 Å². The molecule has 0 aromatic heterocycles. The number of nitrogens with two attached hydrogens (primary N) is 1. The third kappa shape index (κ3) is 3.49. The Bertz CT molecular complexity index is 517. The van der Waals surface area contributed by atoms with Gasteiger partial charge in [-0.1, -0.05) is 20.3 Å². The van der Waals surface area contributed by atoms with Crippen molar-refractivity contribution in [3.05, 3.63) is 29.8 Å². The van der Waals surface area contributed by atoms with Crippen LogP contribution in [0.15, 0.2) is 23.1 Å². The molecule has 6 heteroatoms. The second kappa shape index (κ2) is 5.75. The van der Waals surface area contributed by atoms with Gasteiger partial charge in [0, 0.05) is 12.1 Å². The minimum absolute atomic E-state index is 0.0169. The Morgan fingerprint density at radius 1 is 1.33 bits per heavy atom. The fourth-order valence-electron chi connectivity index (χ4n) is 1.54. The van der Waals surface area contributed by atoms with E-state index in [1.54, 1.807) is 0 Å². The Morgan fingerprint density at radius 2 is 1.94 bits per heavy atom. The number of halogens is 2. The number of hydrogen-bond acceptors (Lipinski definition) is 3. The van der Waals surface area contributed by atoms with Gasteiger partial charge in [0.1, 0.15) is 16.5 Å². The van der Waals surface area contributed by atoms with Gasteiger partial charge in [0.25, 0.3) is 0 Å². The van der Waals surface area contributed by atoms with E-state index < -0.39 is 32.4 Å². The number of hydrogen-bond donors (Lipinski definition) is 1. The summed E-state index contributed by atoms with van der Waals surface area (Å²) in [6, 6.07) is 1.85. The van der Waals surface area contributed by atoms with E-state index in [0.29, 0.717) is 6.07 Å². The minimum atomic E-state index is -3.83. The average molecular weight is 277 g/mol. The lowest BCUT2D eigenvalue weighted by atomic mass is 10.0. The molecule has 0 aliphatic rings.